The van der Waals surface area contributed by atoms with Crippen LogP contribution in [0.2, 0.25) is 0 Å². The number of hydrogen-bond acceptors (Lipinski definition) is 3. The highest BCUT2D eigenvalue weighted by Gasteiger charge is 2.28. The van der Waals surface area contributed by atoms with E-state index in [1.165, 1.54) is 24.3 Å². The summed E-state index contributed by atoms with van der Waals surface area (Å²) in [7, 11) is 0. The molecule has 0 saturated carbocycles. The van der Waals surface area contributed by atoms with Crippen LogP contribution in [0.15, 0.2) is 29.3 Å². The average molecular weight is 194 g/mol. The fraction of sp³-hybridized carbons (Fsp3) is 0.111. The third kappa shape index (κ3) is 1.44. The fourth-order valence-electron chi connectivity index (χ4n) is 1.21. The van der Waals surface area contributed by atoms with E-state index in [-0.39, 0.29) is 11.8 Å². The molecule has 1 atom stereocenters. The van der Waals surface area contributed by atoms with Crippen LogP contribution in [0, 0.1) is 5.82 Å². The van der Waals surface area contributed by atoms with Crippen LogP contribution >= 0.6 is 0 Å². The Morgan fingerprint density at radius 2 is 2.00 bits per heavy atom. The van der Waals surface area contributed by atoms with Crippen molar-refractivity contribution in [1.82, 2.24) is 0 Å². The minimum absolute atomic E-state index is 0.149. The van der Waals surface area contributed by atoms with E-state index in [4.69, 9.17) is 10.5 Å². The normalized spacial score (nSPS) is 20.5. The maximum Gasteiger partial charge on any atom is 0.296 e. The smallest absolute Gasteiger partial charge is 0.296 e. The summed E-state index contributed by atoms with van der Waals surface area (Å²) < 4.78 is 17.5. The minimum Gasteiger partial charge on any atom is -0.447 e. The topological polar surface area (TPSA) is 64.7 Å². The van der Waals surface area contributed by atoms with Crippen LogP contribution in [-0.4, -0.2) is 11.9 Å². The number of nitrogens with zero attached hydrogens (tertiary/aromatic N) is 1. The zero-order valence-electron chi connectivity index (χ0n) is 7.11. The summed E-state index contributed by atoms with van der Waals surface area (Å²) in [6.07, 6.45) is -0.824. The lowest BCUT2D eigenvalue weighted by molar-refractivity contribution is -0.122. The Morgan fingerprint density at radius 3 is 2.50 bits per heavy atom. The molecule has 1 aromatic carbocycles. The largest absolute Gasteiger partial charge is 0.447 e. The number of carbonyl (C=O) groups excluding carboxylic acids is 1. The summed E-state index contributed by atoms with van der Waals surface area (Å²) in [4.78, 5) is 14.6. The number of hydrogen-bond donors (Lipinski definition) is 1. The van der Waals surface area contributed by atoms with Gasteiger partial charge in [0.25, 0.3) is 11.9 Å². The van der Waals surface area contributed by atoms with Crippen molar-refractivity contribution < 1.29 is 13.9 Å². The van der Waals surface area contributed by atoms with Gasteiger partial charge in [0.2, 0.25) is 6.10 Å². The highest BCUT2D eigenvalue weighted by molar-refractivity contribution is 5.98. The molecule has 0 radical (unpaired) electrons. The Morgan fingerprint density at radius 1 is 1.36 bits per heavy atom. The van der Waals surface area contributed by atoms with Gasteiger partial charge >= 0.3 is 0 Å². The van der Waals surface area contributed by atoms with Gasteiger partial charge in [-0.05, 0) is 12.1 Å². The van der Waals surface area contributed by atoms with Crippen molar-refractivity contribution in [3.63, 3.8) is 0 Å². The second-order valence-corrected chi connectivity index (χ2v) is 2.84. The summed E-state index contributed by atoms with van der Waals surface area (Å²) in [6.45, 7) is 0. The predicted octanol–water partition coefficient (Wildman–Crippen LogP) is 0.738. The first-order valence-corrected chi connectivity index (χ1v) is 3.97. The van der Waals surface area contributed by atoms with Crippen LogP contribution in [0.1, 0.15) is 11.7 Å². The van der Waals surface area contributed by atoms with Crippen LogP contribution in [0.3, 0.4) is 0 Å². The maximum atomic E-state index is 12.6. The third-order valence-electron chi connectivity index (χ3n) is 1.86. The number of nitrogens with two attached hydrogens (primary N) is 1. The van der Waals surface area contributed by atoms with Crippen molar-refractivity contribution in [2.24, 2.45) is 10.7 Å². The summed E-state index contributed by atoms with van der Waals surface area (Å²) in [5, 5.41) is 0. The highest BCUT2D eigenvalue weighted by atomic mass is 19.1. The number of aliphatic imine (C=N–C) groups is 1. The molecular weight excluding hydrogens is 187 g/mol. The van der Waals surface area contributed by atoms with Crippen LogP contribution in [0.25, 0.3) is 0 Å². The van der Waals surface area contributed by atoms with Gasteiger partial charge in [-0.2, -0.15) is 4.99 Å². The Kier molecular flexibility index (Phi) is 1.92. The Balaban J connectivity index is 2.26. The first-order chi connectivity index (χ1) is 6.66. The van der Waals surface area contributed by atoms with Crippen molar-refractivity contribution in [2.45, 2.75) is 6.10 Å². The van der Waals surface area contributed by atoms with Crippen LogP contribution in [-0.2, 0) is 9.53 Å². The van der Waals surface area contributed by atoms with Gasteiger partial charge in [0.1, 0.15) is 5.82 Å². The summed E-state index contributed by atoms with van der Waals surface area (Å²) in [6, 6.07) is 5.28. The molecule has 0 aromatic heterocycles. The number of amidine groups is 1. The summed E-state index contributed by atoms with van der Waals surface area (Å²) in [5.74, 6) is -0.831. The molecule has 0 aliphatic carbocycles. The van der Waals surface area contributed by atoms with Crippen molar-refractivity contribution >= 4 is 11.9 Å². The van der Waals surface area contributed by atoms with Gasteiger partial charge in [-0.25, -0.2) is 4.39 Å². The number of benzene rings is 1. The minimum atomic E-state index is -0.824. The summed E-state index contributed by atoms with van der Waals surface area (Å²) >= 11 is 0. The van der Waals surface area contributed by atoms with Crippen LogP contribution in [0.4, 0.5) is 4.39 Å². The molecule has 0 spiro atoms. The van der Waals surface area contributed by atoms with E-state index < -0.39 is 12.0 Å². The number of ether oxygens (including phenoxy) is 1. The number of carbonyl (C=O) groups is 1. The van der Waals surface area contributed by atoms with Gasteiger partial charge in [0.15, 0.2) is 0 Å². The first kappa shape index (κ1) is 8.68. The maximum absolute atomic E-state index is 12.6. The van der Waals surface area contributed by atoms with Crippen molar-refractivity contribution in [2.75, 3.05) is 0 Å². The van der Waals surface area contributed by atoms with E-state index in [9.17, 15) is 9.18 Å². The summed E-state index contributed by atoms with van der Waals surface area (Å²) in [5.41, 5.74) is 5.76. The molecule has 1 aromatic rings. The Labute approximate surface area is 79.2 Å². The lowest BCUT2D eigenvalue weighted by atomic mass is 10.1. The van der Waals surface area contributed by atoms with Gasteiger partial charge < -0.3 is 10.5 Å². The zero-order chi connectivity index (χ0) is 10.1. The van der Waals surface area contributed by atoms with E-state index >= 15 is 0 Å². The quantitative estimate of drug-likeness (QED) is 0.717. The first-order valence-electron chi connectivity index (χ1n) is 3.97. The molecule has 14 heavy (non-hydrogen) atoms. The molecule has 1 amide bonds. The number of amides is 1. The van der Waals surface area contributed by atoms with Gasteiger partial charge in [-0.1, -0.05) is 12.1 Å². The van der Waals surface area contributed by atoms with E-state index in [1.807, 2.05) is 0 Å². The van der Waals surface area contributed by atoms with Crippen LogP contribution in [0.5, 0.6) is 0 Å². The Bertz CT molecular complexity index is 400. The average Bonchev–Trinajstić information content (AvgIpc) is 2.47. The number of rotatable bonds is 1. The fourth-order valence-corrected chi connectivity index (χ4v) is 1.21. The molecule has 1 unspecified atom stereocenters. The molecule has 1 aliphatic heterocycles. The molecule has 0 fully saturated rings. The van der Waals surface area contributed by atoms with E-state index in [0.717, 1.165) is 0 Å². The van der Waals surface area contributed by atoms with E-state index in [1.54, 1.807) is 0 Å². The van der Waals surface area contributed by atoms with Gasteiger partial charge in [0.05, 0.1) is 0 Å². The molecule has 2 rings (SSSR count). The second-order valence-electron chi connectivity index (χ2n) is 2.84. The monoisotopic (exact) mass is 194 g/mol. The molecule has 5 heteroatoms. The Hall–Kier alpha value is -1.91. The van der Waals surface area contributed by atoms with Crippen molar-refractivity contribution in [3.8, 4) is 0 Å². The molecule has 4 nitrogen and oxygen atoms in total. The van der Waals surface area contributed by atoms with Crippen LogP contribution < -0.4 is 5.73 Å². The number of halogens is 1. The lowest BCUT2D eigenvalue weighted by Crippen LogP contribution is -2.13. The van der Waals surface area contributed by atoms with Crippen molar-refractivity contribution in [3.05, 3.63) is 35.6 Å². The van der Waals surface area contributed by atoms with Gasteiger partial charge in [-0.3, -0.25) is 4.79 Å². The van der Waals surface area contributed by atoms with Gasteiger partial charge in [0, 0.05) is 5.56 Å². The molecule has 1 aliphatic rings. The lowest BCUT2D eigenvalue weighted by Gasteiger charge is -2.07. The van der Waals surface area contributed by atoms with E-state index in [2.05, 4.69) is 4.99 Å². The standard InChI is InChI=1S/C9H7FN2O2/c10-6-3-1-5(2-4-6)7-8(13)12-9(11)14-7/h1-4,7H,(H2,11,12,13). The molecule has 0 saturated heterocycles. The molecule has 2 N–H and O–H groups in total. The zero-order valence-corrected chi connectivity index (χ0v) is 7.11. The van der Waals surface area contributed by atoms with Gasteiger partial charge in [-0.15, -0.1) is 0 Å². The highest BCUT2D eigenvalue weighted by Crippen LogP contribution is 2.23. The van der Waals surface area contributed by atoms with Crippen molar-refractivity contribution in [1.29, 1.82) is 0 Å². The second kappa shape index (κ2) is 3.10. The molecule has 0 bridgehead atoms. The van der Waals surface area contributed by atoms with E-state index in [0.29, 0.717) is 5.56 Å². The third-order valence-corrected chi connectivity index (χ3v) is 1.86. The SMILES string of the molecule is NC1=NC(=O)C(c2ccc(F)cc2)O1. The molecule has 1 heterocycles. The molecule has 72 valence electrons. The molecular formula is C9H7FN2O2. The predicted molar refractivity (Wildman–Crippen MR) is 46.9 cm³/mol.